The number of fused-ring (bicyclic) bond motifs is 1. The molecule has 3 N–H and O–H groups in total. The van der Waals surface area contributed by atoms with Crippen molar-refractivity contribution in [2.24, 2.45) is 0 Å². The van der Waals surface area contributed by atoms with Crippen molar-refractivity contribution in [1.29, 1.82) is 0 Å². The topological polar surface area (TPSA) is 74.0 Å². The van der Waals surface area contributed by atoms with Crippen LogP contribution in [0.15, 0.2) is 59.6 Å². The zero-order chi connectivity index (χ0) is 19.1. The van der Waals surface area contributed by atoms with Crippen LogP contribution in [0.25, 0.3) is 10.9 Å². The van der Waals surface area contributed by atoms with Crippen LogP contribution in [0.5, 0.6) is 0 Å². The summed E-state index contributed by atoms with van der Waals surface area (Å²) in [4.78, 5) is 28.2. The van der Waals surface area contributed by atoms with Crippen molar-refractivity contribution >= 4 is 46.1 Å². The molecule has 0 radical (unpaired) electrons. The molecule has 0 saturated carbocycles. The summed E-state index contributed by atoms with van der Waals surface area (Å²) < 4.78 is 0. The maximum atomic E-state index is 12.0. The number of rotatable bonds is 7. The molecule has 1 heterocycles. The van der Waals surface area contributed by atoms with E-state index in [1.165, 1.54) is 0 Å². The smallest absolute Gasteiger partial charge is 0.242 e. The van der Waals surface area contributed by atoms with Gasteiger partial charge < -0.3 is 4.98 Å². The van der Waals surface area contributed by atoms with Gasteiger partial charge in [-0.2, -0.15) is 0 Å². The molecule has 5 nitrogen and oxygen atoms in total. The first kappa shape index (κ1) is 19.3. The van der Waals surface area contributed by atoms with Gasteiger partial charge in [0.1, 0.15) is 0 Å². The normalized spacial score (nSPS) is 10.7. The Hall–Kier alpha value is -2.44. The maximum Gasteiger partial charge on any atom is 0.242 e. The van der Waals surface area contributed by atoms with Gasteiger partial charge in [-0.1, -0.05) is 29.8 Å². The fraction of sp³-hybridized carbons (Fsp3) is 0.200. The second-order valence-corrected chi connectivity index (χ2v) is 7.64. The van der Waals surface area contributed by atoms with Crippen molar-refractivity contribution in [3.8, 4) is 0 Å². The van der Waals surface area contributed by atoms with E-state index < -0.39 is 0 Å². The minimum atomic E-state index is -0.247. The predicted molar refractivity (Wildman–Crippen MR) is 110 cm³/mol. The maximum absolute atomic E-state index is 12.0. The second-order valence-electron chi connectivity index (χ2n) is 6.04. The highest BCUT2D eigenvalue weighted by atomic mass is 35.5. The Morgan fingerprint density at radius 3 is 2.56 bits per heavy atom. The highest BCUT2D eigenvalue weighted by Gasteiger charge is 2.09. The molecule has 0 spiro atoms. The number of aromatic nitrogens is 1. The molecule has 0 saturated heterocycles. The fourth-order valence-corrected chi connectivity index (χ4v) is 3.63. The fourth-order valence-electron chi connectivity index (χ4n) is 2.65. The van der Waals surface area contributed by atoms with E-state index in [0.717, 1.165) is 33.5 Å². The molecule has 3 rings (SSSR count). The molecule has 3 aromatic rings. The van der Waals surface area contributed by atoms with Gasteiger partial charge in [0.25, 0.3) is 0 Å². The molecule has 0 aliphatic carbocycles. The van der Waals surface area contributed by atoms with Crippen LogP contribution < -0.4 is 10.9 Å². The first-order valence-corrected chi connectivity index (χ1v) is 9.99. The Kier molecular flexibility index (Phi) is 6.79. The number of aromatic amines is 1. The van der Waals surface area contributed by atoms with Gasteiger partial charge in [0.05, 0.1) is 6.42 Å². The van der Waals surface area contributed by atoms with Crippen LogP contribution in [0.4, 0.5) is 0 Å². The molecule has 2 amide bonds. The number of para-hydroxylation sites is 1. The monoisotopic (exact) mass is 401 g/mol. The number of halogens is 1. The zero-order valence-corrected chi connectivity index (χ0v) is 16.2. The summed E-state index contributed by atoms with van der Waals surface area (Å²) in [5, 5.41) is 1.72. The molecule has 1 aromatic heterocycles. The molecule has 0 aliphatic heterocycles. The lowest BCUT2D eigenvalue weighted by molar-refractivity contribution is -0.128. The lowest BCUT2D eigenvalue weighted by atomic mass is 10.1. The van der Waals surface area contributed by atoms with Crippen molar-refractivity contribution in [2.45, 2.75) is 24.2 Å². The molecular formula is C20H20ClN3O2S. The van der Waals surface area contributed by atoms with Crippen LogP contribution >= 0.6 is 23.4 Å². The highest BCUT2D eigenvalue weighted by Crippen LogP contribution is 2.21. The van der Waals surface area contributed by atoms with Gasteiger partial charge in [-0.25, -0.2) is 0 Å². The number of H-pyrrole nitrogens is 1. The molecule has 0 fully saturated rings. The van der Waals surface area contributed by atoms with Crippen LogP contribution in [0.1, 0.15) is 18.4 Å². The third kappa shape index (κ3) is 5.77. The van der Waals surface area contributed by atoms with Crippen molar-refractivity contribution in [2.75, 3.05) is 5.75 Å². The van der Waals surface area contributed by atoms with Crippen LogP contribution in [0.2, 0.25) is 5.02 Å². The van der Waals surface area contributed by atoms with Gasteiger partial charge in [0.15, 0.2) is 0 Å². The quantitative estimate of drug-likeness (QED) is 0.317. The number of amides is 2. The molecule has 7 heteroatoms. The molecular weight excluding hydrogens is 382 g/mol. The third-order valence-corrected chi connectivity index (χ3v) is 5.35. The number of hydrazine groups is 1. The molecule has 2 aromatic carbocycles. The lowest BCUT2D eigenvalue weighted by Gasteiger charge is -2.07. The molecule has 27 heavy (non-hydrogen) atoms. The average Bonchev–Trinajstić information content (AvgIpc) is 3.08. The van der Waals surface area contributed by atoms with E-state index in [4.69, 9.17) is 11.6 Å². The Bertz CT molecular complexity index is 924. The van der Waals surface area contributed by atoms with Crippen LogP contribution in [-0.2, 0) is 16.0 Å². The Morgan fingerprint density at radius 1 is 1.00 bits per heavy atom. The number of thioether (sulfide) groups is 1. The lowest BCUT2D eigenvalue weighted by Crippen LogP contribution is -2.42. The van der Waals surface area contributed by atoms with Gasteiger partial charge in [0.2, 0.25) is 11.8 Å². The van der Waals surface area contributed by atoms with Crippen LogP contribution in [0.3, 0.4) is 0 Å². The molecule has 140 valence electrons. The minimum Gasteiger partial charge on any atom is -0.361 e. The standard InChI is InChI=1S/C20H20ClN3O2S/c21-15-7-9-16(10-8-15)27-11-3-6-19(25)23-24-20(26)12-14-13-22-18-5-2-1-4-17(14)18/h1-2,4-5,7-10,13,22H,3,6,11-12H2,(H,23,25)(H,24,26). The van der Waals surface area contributed by atoms with Crippen molar-refractivity contribution in [1.82, 2.24) is 15.8 Å². The van der Waals surface area contributed by atoms with Crippen LogP contribution in [-0.4, -0.2) is 22.6 Å². The SMILES string of the molecule is O=C(CCCSc1ccc(Cl)cc1)NNC(=O)Cc1c[nH]c2ccccc12. The summed E-state index contributed by atoms with van der Waals surface area (Å²) in [7, 11) is 0. The van der Waals surface area contributed by atoms with Crippen molar-refractivity contribution in [3.05, 3.63) is 65.3 Å². The summed E-state index contributed by atoms with van der Waals surface area (Å²) in [6.45, 7) is 0. The summed E-state index contributed by atoms with van der Waals surface area (Å²) in [6.07, 6.45) is 3.10. The summed E-state index contributed by atoms with van der Waals surface area (Å²) in [5.74, 6) is 0.376. The second kappa shape index (κ2) is 9.48. The zero-order valence-electron chi connectivity index (χ0n) is 14.6. The number of hydrogen-bond acceptors (Lipinski definition) is 3. The Balaban J connectivity index is 1.35. The molecule has 0 aliphatic rings. The van der Waals surface area contributed by atoms with Crippen molar-refractivity contribution < 1.29 is 9.59 Å². The Labute approximate surface area is 166 Å². The third-order valence-electron chi connectivity index (χ3n) is 4.00. The van der Waals surface area contributed by atoms with Gasteiger partial charge in [-0.15, -0.1) is 11.8 Å². The van der Waals surface area contributed by atoms with E-state index in [9.17, 15) is 9.59 Å². The average molecular weight is 402 g/mol. The molecule has 0 bridgehead atoms. The molecule has 0 atom stereocenters. The van der Waals surface area contributed by atoms with E-state index in [0.29, 0.717) is 11.4 Å². The van der Waals surface area contributed by atoms with Gasteiger partial charge in [-0.05, 0) is 48.1 Å². The highest BCUT2D eigenvalue weighted by molar-refractivity contribution is 7.99. The molecule has 0 unspecified atom stereocenters. The summed E-state index contributed by atoms with van der Waals surface area (Å²) >= 11 is 7.52. The van der Waals surface area contributed by atoms with Crippen LogP contribution in [0, 0.1) is 0 Å². The van der Waals surface area contributed by atoms with Gasteiger partial charge >= 0.3 is 0 Å². The predicted octanol–water partition coefficient (Wildman–Crippen LogP) is 4.08. The number of benzene rings is 2. The first-order valence-electron chi connectivity index (χ1n) is 8.63. The van der Waals surface area contributed by atoms with Crippen molar-refractivity contribution in [3.63, 3.8) is 0 Å². The van der Waals surface area contributed by atoms with E-state index in [-0.39, 0.29) is 18.2 Å². The largest absolute Gasteiger partial charge is 0.361 e. The number of carbonyl (C=O) groups is 2. The number of carbonyl (C=O) groups excluding carboxylic acids is 2. The van der Waals surface area contributed by atoms with E-state index in [1.54, 1.807) is 11.8 Å². The van der Waals surface area contributed by atoms with Gasteiger partial charge in [-0.3, -0.25) is 20.4 Å². The number of hydrogen-bond donors (Lipinski definition) is 3. The Morgan fingerprint density at radius 2 is 1.74 bits per heavy atom. The number of nitrogens with one attached hydrogen (secondary N) is 3. The van der Waals surface area contributed by atoms with Gasteiger partial charge in [0, 0.05) is 33.4 Å². The van der Waals surface area contributed by atoms with E-state index in [1.807, 2.05) is 54.7 Å². The summed E-state index contributed by atoms with van der Waals surface area (Å²) in [6, 6.07) is 15.4. The first-order chi connectivity index (χ1) is 13.1. The van der Waals surface area contributed by atoms with E-state index >= 15 is 0 Å². The van der Waals surface area contributed by atoms with E-state index in [2.05, 4.69) is 15.8 Å². The summed E-state index contributed by atoms with van der Waals surface area (Å²) in [5.41, 5.74) is 6.84. The minimum absolute atomic E-state index is 0.195.